The van der Waals surface area contributed by atoms with Gasteiger partial charge in [-0.3, -0.25) is 4.28 Å². The molecule has 3 aliphatic rings. The number of aliphatic hydroxyl groups excluding tert-OH is 1. The molecule has 2 bridgehead atoms. The Hall–Kier alpha value is -0.800. The molecule has 2 saturated carbocycles. The number of hydrogen-bond donors (Lipinski definition) is 1. The predicted octanol–water partition coefficient (Wildman–Crippen LogP) is 1.12. The topological polar surface area (TPSA) is 102 Å². The number of thioether (sulfide) groups is 1. The Morgan fingerprint density at radius 3 is 2.78 bits per heavy atom. The summed E-state index contributed by atoms with van der Waals surface area (Å²) in [7, 11) is -4.00. The van der Waals surface area contributed by atoms with E-state index < -0.39 is 27.6 Å². The molecule has 9 heteroatoms. The maximum absolute atomic E-state index is 12.4. The maximum atomic E-state index is 12.4. The Morgan fingerprint density at radius 1 is 1.48 bits per heavy atom. The number of hydrogen-bond acceptors (Lipinski definition) is 8. The zero-order valence-electron chi connectivity index (χ0n) is 13.1. The first-order chi connectivity index (χ1) is 10.7. The Bertz CT molecular complexity index is 644. The molecule has 0 aromatic carbocycles. The normalized spacial score (nSPS) is 37.9. The van der Waals surface area contributed by atoms with Crippen LogP contribution in [0.2, 0.25) is 0 Å². The van der Waals surface area contributed by atoms with Gasteiger partial charge in [-0.1, -0.05) is 30.8 Å². The van der Waals surface area contributed by atoms with Crippen LogP contribution >= 0.6 is 11.8 Å². The summed E-state index contributed by atoms with van der Waals surface area (Å²) < 4.78 is 34.2. The lowest BCUT2D eigenvalue weighted by molar-refractivity contribution is -0.135. The van der Waals surface area contributed by atoms with Gasteiger partial charge in [0.15, 0.2) is 0 Å². The van der Waals surface area contributed by atoms with Crippen LogP contribution in [-0.2, 0) is 23.9 Å². The lowest BCUT2D eigenvalue weighted by Crippen LogP contribution is -2.44. The molecule has 130 valence electrons. The number of fused-ring (bicyclic) bond motifs is 2. The number of esters is 1. The van der Waals surface area contributed by atoms with Crippen molar-refractivity contribution in [3.05, 3.63) is 0 Å². The summed E-state index contributed by atoms with van der Waals surface area (Å²) in [5, 5.41) is 13.8. The molecule has 0 amide bonds. The van der Waals surface area contributed by atoms with Gasteiger partial charge < -0.3 is 9.84 Å². The second kappa shape index (κ2) is 5.63. The molecular formula is C14H21NO6S2. The van der Waals surface area contributed by atoms with E-state index in [2.05, 4.69) is 5.16 Å². The van der Waals surface area contributed by atoms with Crippen LogP contribution in [0.15, 0.2) is 5.16 Å². The van der Waals surface area contributed by atoms with Crippen molar-refractivity contribution in [2.24, 2.45) is 21.9 Å². The molecule has 0 aromatic rings. The number of aliphatic hydroxyl groups is 1. The van der Waals surface area contributed by atoms with Crippen LogP contribution in [-0.4, -0.2) is 48.8 Å². The number of carbonyl (C=O) groups excluding carboxylic acids is 1. The fraction of sp³-hybridized carbons (Fsp3) is 0.857. The third-order valence-corrected chi connectivity index (χ3v) is 7.84. The number of oxime groups is 1. The molecule has 3 unspecified atom stereocenters. The Morgan fingerprint density at radius 2 is 2.22 bits per heavy atom. The SMILES string of the molecule is CC1(C)C2CCC1(CS(=O)(=O)O/N=C1\SCCOC1=O)C(O)C2. The summed E-state index contributed by atoms with van der Waals surface area (Å²) in [6, 6.07) is 0. The van der Waals surface area contributed by atoms with Crippen LogP contribution in [0.25, 0.3) is 0 Å². The van der Waals surface area contributed by atoms with Gasteiger partial charge in [0.2, 0.25) is 5.04 Å². The van der Waals surface area contributed by atoms with Crippen molar-refractivity contribution in [1.29, 1.82) is 0 Å². The van der Waals surface area contributed by atoms with Crippen LogP contribution in [0.4, 0.5) is 0 Å². The highest BCUT2D eigenvalue weighted by Gasteiger charge is 2.65. The van der Waals surface area contributed by atoms with Crippen LogP contribution in [0, 0.1) is 16.7 Å². The summed E-state index contributed by atoms with van der Waals surface area (Å²) in [4.78, 5) is 11.4. The molecule has 1 heterocycles. The highest BCUT2D eigenvalue weighted by molar-refractivity contribution is 8.15. The van der Waals surface area contributed by atoms with Crippen LogP contribution < -0.4 is 0 Å². The Labute approximate surface area is 139 Å². The fourth-order valence-corrected chi connectivity index (χ4v) is 6.52. The van der Waals surface area contributed by atoms with Crippen LogP contribution in [0.5, 0.6) is 0 Å². The highest BCUT2D eigenvalue weighted by Crippen LogP contribution is 2.66. The number of rotatable bonds is 4. The molecule has 1 aliphatic heterocycles. The predicted molar refractivity (Wildman–Crippen MR) is 85.3 cm³/mol. The third-order valence-electron chi connectivity index (χ3n) is 5.79. The maximum Gasteiger partial charge on any atom is 0.367 e. The average Bonchev–Trinajstić information content (AvgIpc) is 2.80. The molecule has 2 aliphatic carbocycles. The number of nitrogens with zero attached hydrogens (tertiary/aromatic N) is 1. The van der Waals surface area contributed by atoms with E-state index in [1.807, 2.05) is 13.8 Å². The van der Waals surface area contributed by atoms with Crippen LogP contribution in [0.3, 0.4) is 0 Å². The van der Waals surface area contributed by atoms with Gasteiger partial charge in [-0.15, -0.1) is 0 Å². The highest BCUT2D eigenvalue weighted by atomic mass is 32.2. The van der Waals surface area contributed by atoms with Gasteiger partial charge in [0, 0.05) is 11.2 Å². The zero-order valence-corrected chi connectivity index (χ0v) is 14.8. The van der Waals surface area contributed by atoms with Gasteiger partial charge in [-0.25, -0.2) is 4.79 Å². The van der Waals surface area contributed by atoms with Gasteiger partial charge in [-0.2, -0.15) is 8.42 Å². The smallest absolute Gasteiger partial charge is 0.367 e. The standard InChI is InChI=1S/C14H21NO6S2/c1-13(2)9-3-4-14(13,10(16)7-9)8-23(18,19)21-15-11-12(17)20-5-6-22-11/h9-10,16H,3-8H2,1-2H3/b15-11-. The lowest BCUT2D eigenvalue weighted by atomic mass is 9.70. The Kier molecular flexibility index (Phi) is 4.17. The quantitative estimate of drug-likeness (QED) is 0.590. The van der Waals surface area contributed by atoms with Crippen molar-refractivity contribution in [3.8, 4) is 0 Å². The van der Waals surface area contributed by atoms with Crippen molar-refractivity contribution in [1.82, 2.24) is 0 Å². The molecule has 3 rings (SSSR count). The third kappa shape index (κ3) is 2.76. The first-order valence-electron chi connectivity index (χ1n) is 7.65. The van der Waals surface area contributed by atoms with E-state index in [1.54, 1.807) is 0 Å². The molecule has 0 spiro atoms. The van der Waals surface area contributed by atoms with E-state index in [4.69, 9.17) is 9.02 Å². The van der Waals surface area contributed by atoms with E-state index in [0.717, 1.165) is 18.2 Å². The fourth-order valence-electron chi connectivity index (χ4n) is 4.27. The van der Waals surface area contributed by atoms with Gasteiger partial charge in [0.1, 0.15) is 6.61 Å². The molecule has 1 N–H and O–H groups in total. The van der Waals surface area contributed by atoms with Gasteiger partial charge in [-0.05, 0) is 30.6 Å². The first-order valence-corrected chi connectivity index (χ1v) is 10.2. The Balaban J connectivity index is 1.76. The molecule has 1 saturated heterocycles. The van der Waals surface area contributed by atoms with Crippen molar-refractivity contribution in [2.45, 2.75) is 39.2 Å². The minimum Gasteiger partial charge on any atom is -0.460 e. The van der Waals surface area contributed by atoms with E-state index in [-0.39, 0.29) is 22.8 Å². The zero-order chi connectivity index (χ0) is 16.9. The van der Waals surface area contributed by atoms with Crippen molar-refractivity contribution < 1.29 is 27.3 Å². The monoisotopic (exact) mass is 363 g/mol. The molecule has 0 radical (unpaired) electrons. The molecule has 3 fully saturated rings. The van der Waals surface area contributed by atoms with E-state index in [9.17, 15) is 18.3 Å². The van der Waals surface area contributed by atoms with E-state index in [0.29, 0.717) is 24.5 Å². The van der Waals surface area contributed by atoms with E-state index >= 15 is 0 Å². The van der Waals surface area contributed by atoms with Crippen molar-refractivity contribution in [3.63, 3.8) is 0 Å². The van der Waals surface area contributed by atoms with E-state index in [1.165, 1.54) is 0 Å². The summed E-state index contributed by atoms with van der Waals surface area (Å²) in [6.07, 6.45) is 1.54. The summed E-state index contributed by atoms with van der Waals surface area (Å²) in [5.74, 6) is -0.119. The summed E-state index contributed by atoms with van der Waals surface area (Å²) in [5.41, 5.74) is -0.981. The second-order valence-corrected chi connectivity index (χ2v) is 9.66. The second-order valence-electron chi connectivity index (χ2n) is 7.02. The molecule has 7 nitrogen and oxygen atoms in total. The van der Waals surface area contributed by atoms with Gasteiger partial charge >= 0.3 is 16.1 Å². The number of ether oxygens (including phenoxy) is 1. The molecule has 23 heavy (non-hydrogen) atoms. The van der Waals surface area contributed by atoms with Crippen molar-refractivity contribution in [2.75, 3.05) is 18.1 Å². The number of carbonyl (C=O) groups is 1. The minimum atomic E-state index is -4.00. The summed E-state index contributed by atoms with van der Waals surface area (Å²) >= 11 is 1.10. The van der Waals surface area contributed by atoms with Gasteiger partial charge in [0.25, 0.3) is 0 Å². The molecule has 3 atom stereocenters. The van der Waals surface area contributed by atoms with Crippen molar-refractivity contribution >= 4 is 32.9 Å². The average molecular weight is 363 g/mol. The lowest BCUT2D eigenvalue weighted by Gasteiger charge is -2.39. The largest absolute Gasteiger partial charge is 0.460 e. The van der Waals surface area contributed by atoms with Crippen LogP contribution in [0.1, 0.15) is 33.1 Å². The minimum absolute atomic E-state index is 0.0899. The first kappa shape index (κ1) is 17.0. The molecule has 0 aromatic heterocycles. The number of cyclic esters (lactones) is 1. The van der Waals surface area contributed by atoms with Gasteiger partial charge in [0.05, 0.1) is 11.9 Å². The molecular weight excluding hydrogens is 342 g/mol. The summed E-state index contributed by atoms with van der Waals surface area (Å²) in [6.45, 7) is 4.30.